The Morgan fingerprint density at radius 2 is 1.68 bits per heavy atom. The Kier molecular flexibility index (Phi) is 10.8. The second-order valence-corrected chi connectivity index (χ2v) is 9.00. The molecule has 216 valence electrons. The van der Waals surface area contributed by atoms with Crippen LogP contribution in [-0.2, 0) is 22.3 Å². The van der Waals surface area contributed by atoms with E-state index in [-0.39, 0.29) is 39.1 Å². The van der Waals surface area contributed by atoms with Crippen molar-refractivity contribution in [2.24, 2.45) is 17.2 Å². The number of anilines is 1. The molecule has 3 rings (SSSR count). The van der Waals surface area contributed by atoms with Crippen molar-refractivity contribution >= 4 is 28.4 Å². The highest BCUT2D eigenvalue weighted by Crippen LogP contribution is 2.29. The predicted molar refractivity (Wildman–Crippen MR) is 144 cm³/mol. The number of aromatic nitrogens is 1. The minimum atomic E-state index is -4.52. The molecular formula is C26H33F3N8O3. The molecule has 0 spiro atoms. The van der Waals surface area contributed by atoms with Crippen molar-refractivity contribution in [1.29, 1.82) is 0 Å². The molecule has 2 atom stereocenters. The second kappa shape index (κ2) is 14.0. The number of benzene rings is 2. The number of carbonyl (C=O) groups is 2. The molecule has 3 aromatic rings. The first kappa shape index (κ1) is 30.7. The molecule has 2 amide bonds. The average molecular weight is 563 g/mol. The lowest BCUT2D eigenvalue weighted by atomic mass is 10.1. The van der Waals surface area contributed by atoms with Crippen molar-refractivity contribution in [2.75, 3.05) is 31.5 Å². The number of aliphatic hydroxyl groups is 1. The number of hydrogen-bond acceptors (Lipinski definition) is 9. The predicted octanol–water partition coefficient (Wildman–Crippen LogP) is 0.938. The first-order chi connectivity index (χ1) is 19.0. The van der Waals surface area contributed by atoms with Crippen molar-refractivity contribution in [1.82, 2.24) is 20.3 Å². The van der Waals surface area contributed by atoms with Gasteiger partial charge in [-0.1, -0.05) is 30.3 Å². The number of para-hydroxylation sites is 1. The molecule has 0 aliphatic carbocycles. The van der Waals surface area contributed by atoms with Crippen molar-refractivity contribution in [2.45, 2.75) is 31.5 Å². The molecule has 2 aromatic carbocycles. The van der Waals surface area contributed by atoms with Gasteiger partial charge in [-0.25, -0.2) is 0 Å². The van der Waals surface area contributed by atoms with Crippen LogP contribution in [0.1, 0.15) is 17.5 Å². The van der Waals surface area contributed by atoms with E-state index >= 15 is 0 Å². The summed E-state index contributed by atoms with van der Waals surface area (Å²) in [6.07, 6.45) is -4.93. The largest absolute Gasteiger partial charge is 0.416 e. The number of nitrogens with zero attached hydrogens (tertiary/aromatic N) is 3. The summed E-state index contributed by atoms with van der Waals surface area (Å²) < 4.78 is 39.0. The second-order valence-electron chi connectivity index (χ2n) is 9.00. The lowest BCUT2D eigenvalue weighted by molar-refractivity contribution is -0.138. The molecule has 0 aliphatic rings. The maximum absolute atomic E-state index is 13.0. The van der Waals surface area contributed by atoms with Crippen LogP contribution in [0.2, 0.25) is 0 Å². The number of halogens is 3. The number of aliphatic hydroxyl groups excluding tert-OH is 1. The zero-order valence-corrected chi connectivity index (χ0v) is 21.6. The molecule has 11 nitrogen and oxygen atoms in total. The number of nitrogens with two attached hydrogens (primary N) is 3. The molecule has 2 unspecified atom stereocenters. The fourth-order valence-corrected chi connectivity index (χ4v) is 3.87. The molecule has 40 heavy (non-hydrogen) atoms. The molecule has 0 radical (unpaired) electrons. The van der Waals surface area contributed by atoms with E-state index in [1.54, 1.807) is 6.07 Å². The Bertz CT molecular complexity index is 1270. The fraction of sp³-hybridized carbons (Fsp3) is 0.346. The van der Waals surface area contributed by atoms with Gasteiger partial charge in [0.15, 0.2) is 0 Å². The molecule has 14 heteroatoms. The van der Waals surface area contributed by atoms with Crippen molar-refractivity contribution in [3.05, 3.63) is 71.9 Å². The standard InChI is InChI=1S/C26H33F3N8O3/c27-26(28,29)19-7-5-17(6-8-19)16-37(25(40)34-20-13-18-3-1-2-4-22(18)33-15-20)35-24(39)21(32)14-23(38)36(11-9-30)12-10-31/h1-8,13,15,21,25,34,40H,9-12,14,16,30-32H2,(H,35,39). The van der Waals surface area contributed by atoms with E-state index in [1.807, 2.05) is 24.3 Å². The number of fused-ring (bicyclic) bond motifs is 1. The maximum Gasteiger partial charge on any atom is 0.416 e. The molecule has 1 heterocycles. The quantitative estimate of drug-likeness (QED) is 0.131. The van der Waals surface area contributed by atoms with Crippen LogP contribution in [0.3, 0.4) is 0 Å². The Hall–Kier alpha value is -3.82. The van der Waals surface area contributed by atoms with Gasteiger partial charge in [0.05, 0.1) is 35.4 Å². The SMILES string of the molecule is NCCN(CCN)C(=O)CC(N)C(=O)NN(Cc1ccc(C(F)(F)F)cc1)C(O)Nc1cnc2ccccc2c1. The summed E-state index contributed by atoms with van der Waals surface area (Å²) in [5.74, 6) is -1.22. The molecule has 0 saturated carbocycles. The van der Waals surface area contributed by atoms with Crippen LogP contribution in [0, 0.1) is 0 Å². The Balaban J connectivity index is 1.77. The third-order valence-corrected chi connectivity index (χ3v) is 5.95. The van der Waals surface area contributed by atoms with Gasteiger partial charge in [-0.2, -0.15) is 18.2 Å². The number of rotatable bonds is 13. The molecule has 0 fully saturated rings. The summed E-state index contributed by atoms with van der Waals surface area (Å²) in [6, 6.07) is 12.0. The van der Waals surface area contributed by atoms with Gasteiger partial charge in [0.25, 0.3) is 5.91 Å². The summed E-state index contributed by atoms with van der Waals surface area (Å²) in [5, 5.41) is 15.6. The zero-order valence-electron chi connectivity index (χ0n) is 21.6. The maximum atomic E-state index is 13.0. The third-order valence-electron chi connectivity index (χ3n) is 5.95. The van der Waals surface area contributed by atoms with Crippen LogP contribution < -0.4 is 27.9 Å². The molecule has 9 N–H and O–H groups in total. The fourth-order valence-electron chi connectivity index (χ4n) is 3.87. The number of carbonyl (C=O) groups excluding carboxylic acids is 2. The average Bonchev–Trinajstić information content (AvgIpc) is 2.92. The highest BCUT2D eigenvalue weighted by atomic mass is 19.4. The van der Waals surface area contributed by atoms with E-state index in [2.05, 4.69) is 15.7 Å². The monoisotopic (exact) mass is 562 g/mol. The Labute approximate surface area is 229 Å². The smallest absolute Gasteiger partial charge is 0.360 e. The number of alkyl halides is 3. The number of hydrazine groups is 1. The molecule has 0 aliphatic heterocycles. The van der Waals surface area contributed by atoms with Crippen LogP contribution in [0.5, 0.6) is 0 Å². The summed E-state index contributed by atoms with van der Waals surface area (Å²) >= 11 is 0. The van der Waals surface area contributed by atoms with Gasteiger partial charge >= 0.3 is 6.18 Å². The topological polar surface area (TPSA) is 176 Å². The van der Waals surface area contributed by atoms with Gasteiger partial charge in [-0.15, -0.1) is 0 Å². The highest BCUT2D eigenvalue weighted by Gasteiger charge is 2.30. The lowest BCUT2D eigenvalue weighted by Gasteiger charge is -2.30. The van der Waals surface area contributed by atoms with Gasteiger partial charge in [-0.3, -0.25) is 20.0 Å². The molecular weight excluding hydrogens is 529 g/mol. The van der Waals surface area contributed by atoms with E-state index in [9.17, 15) is 27.9 Å². The van der Waals surface area contributed by atoms with E-state index in [4.69, 9.17) is 17.2 Å². The van der Waals surface area contributed by atoms with Gasteiger partial charge < -0.3 is 32.5 Å². The van der Waals surface area contributed by atoms with Crippen LogP contribution in [-0.4, -0.2) is 70.4 Å². The van der Waals surface area contributed by atoms with Gasteiger partial charge in [0, 0.05) is 38.1 Å². The number of amides is 2. The van der Waals surface area contributed by atoms with Gasteiger partial charge in [0.2, 0.25) is 12.3 Å². The lowest BCUT2D eigenvalue weighted by Crippen LogP contribution is -2.56. The number of hydrogen-bond donors (Lipinski definition) is 6. The molecule has 0 bridgehead atoms. The number of nitrogens with one attached hydrogen (secondary N) is 2. The Morgan fingerprint density at radius 3 is 2.30 bits per heavy atom. The minimum Gasteiger partial charge on any atom is -0.360 e. The normalized spacial score (nSPS) is 13.2. The van der Waals surface area contributed by atoms with Crippen LogP contribution >= 0.6 is 0 Å². The van der Waals surface area contributed by atoms with E-state index in [0.717, 1.165) is 28.0 Å². The molecule has 0 saturated heterocycles. The van der Waals surface area contributed by atoms with E-state index < -0.39 is 35.9 Å². The molecule has 1 aromatic heterocycles. The zero-order chi connectivity index (χ0) is 29.3. The van der Waals surface area contributed by atoms with E-state index in [1.165, 1.54) is 23.2 Å². The summed E-state index contributed by atoms with van der Waals surface area (Å²) in [6.45, 7) is 0.691. The summed E-state index contributed by atoms with van der Waals surface area (Å²) in [5.41, 5.74) is 20.2. The minimum absolute atomic E-state index is 0.202. The highest BCUT2D eigenvalue weighted by molar-refractivity contribution is 5.88. The number of pyridine rings is 1. The van der Waals surface area contributed by atoms with Crippen molar-refractivity contribution in [3.63, 3.8) is 0 Å². The van der Waals surface area contributed by atoms with Gasteiger partial charge in [-0.05, 0) is 29.8 Å². The summed E-state index contributed by atoms with van der Waals surface area (Å²) in [4.78, 5) is 31.2. The van der Waals surface area contributed by atoms with Crippen molar-refractivity contribution in [3.8, 4) is 0 Å². The van der Waals surface area contributed by atoms with Crippen LogP contribution in [0.4, 0.5) is 18.9 Å². The van der Waals surface area contributed by atoms with Crippen LogP contribution in [0.25, 0.3) is 10.9 Å². The first-order valence-corrected chi connectivity index (χ1v) is 12.5. The third kappa shape index (κ3) is 8.59. The van der Waals surface area contributed by atoms with Crippen LogP contribution in [0.15, 0.2) is 60.8 Å². The Morgan fingerprint density at radius 1 is 1.02 bits per heavy atom. The van der Waals surface area contributed by atoms with Crippen molar-refractivity contribution < 1.29 is 27.9 Å². The summed E-state index contributed by atoms with van der Waals surface area (Å²) in [7, 11) is 0. The van der Waals surface area contributed by atoms with Gasteiger partial charge in [0.1, 0.15) is 0 Å². The first-order valence-electron chi connectivity index (χ1n) is 12.5. The van der Waals surface area contributed by atoms with E-state index in [0.29, 0.717) is 11.3 Å².